The molecule has 4 rings (SSSR count). The van der Waals surface area contributed by atoms with Crippen molar-refractivity contribution in [2.45, 2.75) is 6.18 Å². The van der Waals surface area contributed by atoms with Gasteiger partial charge in [0.05, 0.1) is 10.9 Å². The van der Waals surface area contributed by atoms with Crippen LogP contribution in [0.15, 0.2) is 64.8 Å². The molecule has 0 fully saturated rings. The van der Waals surface area contributed by atoms with Crippen LogP contribution in [0.5, 0.6) is 0 Å². The van der Waals surface area contributed by atoms with Gasteiger partial charge in [0, 0.05) is 16.5 Å². The topological polar surface area (TPSA) is 45.8 Å². The summed E-state index contributed by atoms with van der Waals surface area (Å²) in [6, 6.07) is 14.2. The quantitative estimate of drug-likeness (QED) is 0.516. The molecule has 0 radical (unpaired) electrons. The molecular weight excluding hydrogens is 361 g/mol. The number of aromatic amines is 1. The maximum absolute atomic E-state index is 12.9. The predicted molar refractivity (Wildman–Crippen MR) is 96.1 cm³/mol. The Kier molecular flexibility index (Phi) is 3.88. The van der Waals surface area contributed by atoms with Crippen molar-refractivity contribution in [3.05, 3.63) is 75.9 Å². The monoisotopic (exact) mass is 372 g/mol. The van der Waals surface area contributed by atoms with Crippen LogP contribution in [0.25, 0.3) is 32.7 Å². The normalized spacial score (nSPS) is 11.8. The summed E-state index contributed by atoms with van der Waals surface area (Å²) in [7, 11) is 0. The van der Waals surface area contributed by atoms with Gasteiger partial charge in [0.15, 0.2) is 0 Å². The number of nitrogens with zero attached hydrogens (tertiary/aromatic N) is 1. The molecule has 2 heterocycles. The number of thiophene rings is 1. The first-order chi connectivity index (χ1) is 12.4. The summed E-state index contributed by atoms with van der Waals surface area (Å²) in [5.74, 6) is 0.120. The number of nitrogens with one attached hydrogen (secondary N) is 1. The highest BCUT2D eigenvalue weighted by Gasteiger charge is 2.30. The van der Waals surface area contributed by atoms with Gasteiger partial charge in [-0.2, -0.15) is 13.2 Å². The van der Waals surface area contributed by atoms with E-state index < -0.39 is 11.7 Å². The molecule has 1 N–H and O–H groups in total. The second kappa shape index (κ2) is 6.10. The molecule has 0 bridgehead atoms. The third-order valence-electron chi connectivity index (χ3n) is 3.99. The molecule has 0 saturated carbocycles. The maximum atomic E-state index is 12.9. The van der Waals surface area contributed by atoms with Gasteiger partial charge in [-0.1, -0.05) is 42.5 Å². The number of halogens is 3. The first-order valence-corrected chi connectivity index (χ1v) is 8.56. The molecule has 2 aromatic carbocycles. The van der Waals surface area contributed by atoms with E-state index in [4.69, 9.17) is 0 Å². The van der Waals surface area contributed by atoms with Crippen LogP contribution in [0.1, 0.15) is 5.56 Å². The Labute approximate surface area is 149 Å². The standard InChI is InChI=1S/C19H11F3N2OS/c20-19(21,22)13-8-4-7-12(9-13)16-23-17(25)15-14(10-26-18(15)24-16)11-5-2-1-3-6-11/h1-10H,(H,23,24,25). The van der Waals surface area contributed by atoms with E-state index in [1.54, 1.807) is 0 Å². The van der Waals surface area contributed by atoms with Crippen molar-refractivity contribution < 1.29 is 13.2 Å². The van der Waals surface area contributed by atoms with Crippen LogP contribution in [0, 0.1) is 0 Å². The zero-order valence-corrected chi connectivity index (χ0v) is 14.0. The van der Waals surface area contributed by atoms with Gasteiger partial charge in [0.2, 0.25) is 0 Å². The molecule has 7 heteroatoms. The number of aromatic nitrogens is 2. The Morgan fingerprint density at radius 2 is 1.69 bits per heavy atom. The zero-order chi connectivity index (χ0) is 18.3. The summed E-state index contributed by atoms with van der Waals surface area (Å²) in [5, 5.41) is 2.27. The minimum atomic E-state index is -4.45. The Morgan fingerprint density at radius 3 is 2.42 bits per heavy atom. The van der Waals surface area contributed by atoms with Crippen LogP contribution < -0.4 is 5.56 Å². The van der Waals surface area contributed by atoms with Gasteiger partial charge in [-0.25, -0.2) is 4.98 Å². The largest absolute Gasteiger partial charge is 0.416 e. The summed E-state index contributed by atoms with van der Waals surface area (Å²) in [6.07, 6.45) is -4.45. The molecule has 0 atom stereocenters. The first kappa shape index (κ1) is 16.5. The van der Waals surface area contributed by atoms with Gasteiger partial charge in [-0.3, -0.25) is 4.79 Å². The first-order valence-electron chi connectivity index (χ1n) is 7.68. The molecule has 4 aromatic rings. The van der Waals surface area contributed by atoms with E-state index in [0.29, 0.717) is 10.2 Å². The number of hydrogen-bond acceptors (Lipinski definition) is 3. The van der Waals surface area contributed by atoms with Crippen molar-refractivity contribution in [3.63, 3.8) is 0 Å². The van der Waals surface area contributed by atoms with E-state index >= 15 is 0 Å². The van der Waals surface area contributed by atoms with Gasteiger partial charge >= 0.3 is 6.18 Å². The third-order valence-corrected chi connectivity index (χ3v) is 4.86. The number of alkyl halides is 3. The van der Waals surface area contributed by atoms with Crippen LogP contribution in [0.3, 0.4) is 0 Å². The summed E-state index contributed by atoms with van der Waals surface area (Å²) >= 11 is 1.29. The second-order valence-electron chi connectivity index (χ2n) is 5.69. The lowest BCUT2D eigenvalue weighted by atomic mass is 10.1. The summed E-state index contributed by atoms with van der Waals surface area (Å²) in [6.45, 7) is 0. The highest BCUT2D eigenvalue weighted by atomic mass is 32.1. The van der Waals surface area contributed by atoms with Crippen LogP contribution in [-0.2, 0) is 6.18 Å². The van der Waals surface area contributed by atoms with Crippen molar-refractivity contribution in [1.82, 2.24) is 9.97 Å². The molecule has 2 aromatic heterocycles. The van der Waals surface area contributed by atoms with Gasteiger partial charge in [-0.15, -0.1) is 11.3 Å². The van der Waals surface area contributed by atoms with E-state index in [0.717, 1.165) is 23.3 Å². The van der Waals surface area contributed by atoms with E-state index in [1.807, 2.05) is 35.7 Å². The molecular formula is C19H11F3N2OS. The highest BCUT2D eigenvalue weighted by molar-refractivity contribution is 7.17. The van der Waals surface area contributed by atoms with E-state index in [2.05, 4.69) is 9.97 Å². The van der Waals surface area contributed by atoms with Crippen LogP contribution in [-0.4, -0.2) is 9.97 Å². The Balaban J connectivity index is 1.87. The average molecular weight is 372 g/mol. The highest BCUT2D eigenvalue weighted by Crippen LogP contribution is 2.33. The Bertz CT molecular complexity index is 1150. The average Bonchev–Trinajstić information content (AvgIpc) is 3.06. The third kappa shape index (κ3) is 2.90. The molecule has 0 saturated heterocycles. The van der Waals surface area contributed by atoms with Gasteiger partial charge in [-0.05, 0) is 17.7 Å². The van der Waals surface area contributed by atoms with Gasteiger partial charge in [0.1, 0.15) is 10.7 Å². The van der Waals surface area contributed by atoms with E-state index in [9.17, 15) is 18.0 Å². The van der Waals surface area contributed by atoms with Gasteiger partial charge in [0.25, 0.3) is 5.56 Å². The fraction of sp³-hybridized carbons (Fsp3) is 0.0526. The molecule has 0 unspecified atom stereocenters. The van der Waals surface area contributed by atoms with Crippen LogP contribution in [0.4, 0.5) is 13.2 Å². The SMILES string of the molecule is O=c1[nH]c(-c2cccc(C(F)(F)F)c2)nc2scc(-c3ccccc3)c12. The lowest BCUT2D eigenvalue weighted by Gasteiger charge is -2.08. The molecule has 0 aliphatic heterocycles. The maximum Gasteiger partial charge on any atom is 0.416 e. The fourth-order valence-corrected chi connectivity index (χ4v) is 3.71. The number of rotatable bonds is 2. The van der Waals surface area contributed by atoms with E-state index in [-0.39, 0.29) is 16.9 Å². The smallest absolute Gasteiger partial charge is 0.306 e. The van der Waals surface area contributed by atoms with Crippen molar-refractivity contribution in [2.24, 2.45) is 0 Å². The molecule has 0 amide bonds. The number of hydrogen-bond donors (Lipinski definition) is 1. The van der Waals surface area contributed by atoms with Crippen molar-refractivity contribution in [3.8, 4) is 22.5 Å². The lowest BCUT2D eigenvalue weighted by molar-refractivity contribution is -0.137. The summed E-state index contributed by atoms with van der Waals surface area (Å²) in [4.78, 5) is 20.1. The van der Waals surface area contributed by atoms with Crippen molar-refractivity contribution >= 4 is 21.6 Å². The van der Waals surface area contributed by atoms with E-state index in [1.165, 1.54) is 23.5 Å². The molecule has 0 aliphatic carbocycles. The fourth-order valence-electron chi connectivity index (χ4n) is 2.76. The summed E-state index contributed by atoms with van der Waals surface area (Å²) in [5.41, 5.74) is 0.706. The number of fused-ring (bicyclic) bond motifs is 1. The molecule has 0 spiro atoms. The number of H-pyrrole nitrogens is 1. The van der Waals surface area contributed by atoms with Crippen LogP contribution in [0.2, 0.25) is 0 Å². The minimum absolute atomic E-state index is 0.120. The lowest BCUT2D eigenvalue weighted by Crippen LogP contribution is -2.10. The minimum Gasteiger partial charge on any atom is -0.306 e. The van der Waals surface area contributed by atoms with Crippen molar-refractivity contribution in [1.29, 1.82) is 0 Å². The second-order valence-corrected chi connectivity index (χ2v) is 6.55. The molecule has 3 nitrogen and oxygen atoms in total. The summed E-state index contributed by atoms with van der Waals surface area (Å²) < 4.78 is 38.7. The van der Waals surface area contributed by atoms with Crippen molar-refractivity contribution in [2.75, 3.05) is 0 Å². The molecule has 0 aliphatic rings. The predicted octanol–water partition coefficient (Wildman–Crippen LogP) is 5.34. The Hall–Kier alpha value is -2.93. The molecule has 26 heavy (non-hydrogen) atoms. The molecule has 130 valence electrons. The van der Waals surface area contributed by atoms with Gasteiger partial charge < -0.3 is 4.98 Å². The van der Waals surface area contributed by atoms with Crippen LogP contribution >= 0.6 is 11.3 Å². The number of benzene rings is 2. The zero-order valence-electron chi connectivity index (χ0n) is 13.2. The Morgan fingerprint density at radius 1 is 0.962 bits per heavy atom.